The molecule has 78 valence electrons. The number of hydrogen-bond acceptors (Lipinski definition) is 3. The molecule has 0 aromatic heterocycles. The molecule has 0 saturated carbocycles. The molecule has 1 heterocycles. The maximum Gasteiger partial charge on any atom is 0.0726 e. The molecule has 0 spiro atoms. The molecule has 2 atom stereocenters. The fraction of sp³-hybridized carbons (Fsp3) is 1.00. The van der Waals surface area contributed by atoms with Crippen LogP contribution in [0.25, 0.3) is 0 Å². The second kappa shape index (κ2) is 5.23. The molecule has 2 unspecified atom stereocenters. The van der Waals surface area contributed by atoms with Crippen LogP contribution in [0, 0.1) is 0 Å². The highest BCUT2D eigenvalue weighted by Crippen LogP contribution is 2.24. The summed E-state index contributed by atoms with van der Waals surface area (Å²) in [5, 5.41) is 3.60. The average molecular weight is 203 g/mol. The molecule has 1 aliphatic rings. The molecule has 1 N–H and O–H groups in total. The number of hydrogen-bond donors (Lipinski definition) is 1. The van der Waals surface area contributed by atoms with Gasteiger partial charge in [0.25, 0.3) is 0 Å². The molecule has 13 heavy (non-hydrogen) atoms. The predicted octanol–water partition coefficient (Wildman–Crippen LogP) is 1.90. The van der Waals surface area contributed by atoms with Crippen LogP contribution in [0.2, 0.25) is 0 Å². The van der Waals surface area contributed by atoms with Gasteiger partial charge < -0.3 is 10.1 Å². The Morgan fingerprint density at radius 1 is 1.62 bits per heavy atom. The first-order valence-corrected chi connectivity index (χ1v) is 6.44. The Bertz CT molecular complexity index is 154. The lowest BCUT2D eigenvalue weighted by atomic mass is 9.95. The fourth-order valence-corrected chi connectivity index (χ4v) is 2.09. The van der Waals surface area contributed by atoms with E-state index in [-0.39, 0.29) is 5.54 Å². The van der Waals surface area contributed by atoms with E-state index in [1.54, 1.807) is 0 Å². The summed E-state index contributed by atoms with van der Waals surface area (Å²) in [6.45, 7) is 6.45. The first kappa shape index (κ1) is 11.3. The van der Waals surface area contributed by atoms with Crippen molar-refractivity contribution in [1.29, 1.82) is 0 Å². The highest BCUT2D eigenvalue weighted by atomic mass is 32.2. The van der Waals surface area contributed by atoms with E-state index in [1.165, 1.54) is 12.2 Å². The van der Waals surface area contributed by atoms with Crippen molar-refractivity contribution in [2.24, 2.45) is 0 Å². The van der Waals surface area contributed by atoms with Crippen molar-refractivity contribution in [2.75, 3.05) is 25.2 Å². The van der Waals surface area contributed by atoms with Crippen molar-refractivity contribution in [2.45, 2.75) is 38.3 Å². The van der Waals surface area contributed by atoms with Gasteiger partial charge in [-0.2, -0.15) is 11.8 Å². The number of thioether (sulfide) groups is 1. The highest BCUT2D eigenvalue weighted by molar-refractivity contribution is 7.98. The van der Waals surface area contributed by atoms with Crippen LogP contribution in [0.4, 0.5) is 0 Å². The van der Waals surface area contributed by atoms with E-state index in [2.05, 4.69) is 25.4 Å². The minimum atomic E-state index is 0.221. The zero-order chi connectivity index (χ0) is 9.73. The van der Waals surface area contributed by atoms with Gasteiger partial charge in [-0.05, 0) is 45.2 Å². The van der Waals surface area contributed by atoms with Crippen molar-refractivity contribution in [3.8, 4) is 0 Å². The lowest BCUT2D eigenvalue weighted by Gasteiger charge is -2.29. The van der Waals surface area contributed by atoms with Crippen LogP contribution in [0.3, 0.4) is 0 Å². The SMILES string of the molecule is CSCCCNC1(C)CCOC1C. The minimum Gasteiger partial charge on any atom is -0.377 e. The molecule has 0 aliphatic carbocycles. The zero-order valence-corrected chi connectivity index (χ0v) is 9.75. The summed E-state index contributed by atoms with van der Waals surface area (Å²) >= 11 is 1.91. The van der Waals surface area contributed by atoms with Crippen LogP contribution >= 0.6 is 11.8 Å². The van der Waals surface area contributed by atoms with E-state index in [9.17, 15) is 0 Å². The third-order valence-corrected chi connectivity index (χ3v) is 3.64. The molecular formula is C10H21NOS. The largest absolute Gasteiger partial charge is 0.377 e. The molecular weight excluding hydrogens is 182 g/mol. The third kappa shape index (κ3) is 3.15. The number of ether oxygens (including phenoxy) is 1. The molecule has 2 nitrogen and oxygen atoms in total. The lowest BCUT2D eigenvalue weighted by Crippen LogP contribution is -2.48. The molecule has 1 saturated heterocycles. The molecule has 0 aromatic rings. The van der Waals surface area contributed by atoms with Gasteiger partial charge in [0.2, 0.25) is 0 Å². The van der Waals surface area contributed by atoms with Crippen molar-refractivity contribution >= 4 is 11.8 Å². The quantitative estimate of drug-likeness (QED) is 0.690. The van der Waals surface area contributed by atoms with E-state index in [0.717, 1.165) is 19.6 Å². The van der Waals surface area contributed by atoms with Gasteiger partial charge in [-0.25, -0.2) is 0 Å². The maximum atomic E-state index is 5.56. The minimum absolute atomic E-state index is 0.221. The molecule has 0 aromatic carbocycles. The first-order chi connectivity index (χ1) is 6.19. The van der Waals surface area contributed by atoms with Crippen molar-refractivity contribution in [1.82, 2.24) is 5.32 Å². The smallest absolute Gasteiger partial charge is 0.0726 e. The Labute approximate surface area is 85.8 Å². The Kier molecular flexibility index (Phi) is 4.56. The Balaban J connectivity index is 2.18. The van der Waals surface area contributed by atoms with Gasteiger partial charge in [0.05, 0.1) is 6.10 Å². The summed E-state index contributed by atoms with van der Waals surface area (Å²) in [6, 6.07) is 0. The van der Waals surface area contributed by atoms with Gasteiger partial charge in [-0.15, -0.1) is 0 Å². The first-order valence-electron chi connectivity index (χ1n) is 5.04. The van der Waals surface area contributed by atoms with Gasteiger partial charge in [-0.3, -0.25) is 0 Å². The van der Waals surface area contributed by atoms with Crippen molar-refractivity contribution in [3.63, 3.8) is 0 Å². The summed E-state index contributed by atoms with van der Waals surface area (Å²) in [5.41, 5.74) is 0.221. The van der Waals surface area contributed by atoms with Crippen LogP contribution in [0.15, 0.2) is 0 Å². The molecule has 0 amide bonds. The Hall–Kier alpha value is 0.270. The van der Waals surface area contributed by atoms with Crippen LogP contribution in [-0.2, 0) is 4.74 Å². The molecule has 1 aliphatic heterocycles. The van der Waals surface area contributed by atoms with Crippen LogP contribution in [0.1, 0.15) is 26.7 Å². The molecule has 0 bridgehead atoms. The van der Waals surface area contributed by atoms with Gasteiger partial charge in [-0.1, -0.05) is 0 Å². The van der Waals surface area contributed by atoms with Gasteiger partial charge in [0.1, 0.15) is 0 Å². The second-order valence-corrected chi connectivity index (χ2v) is 4.94. The zero-order valence-electron chi connectivity index (χ0n) is 8.93. The van der Waals surface area contributed by atoms with Crippen molar-refractivity contribution in [3.05, 3.63) is 0 Å². The van der Waals surface area contributed by atoms with Gasteiger partial charge in [0.15, 0.2) is 0 Å². The molecule has 0 radical (unpaired) electrons. The fourth-order valence-electron chi connectivity index (χ4n) is 1.66. The monoisotopic (exact) mass is 203 g/mol. The highest BCUT2D eigenvalue weighted by Gasteiger charge is 2.35. The lowest BCUT2D eigenvalue weighted by molar-refractivity contribution is 0.0889. The van der Waals surface area contributed by atoms with Crippen molar-refractivity contribution < 1.29 is 4.74 Å². The maximum absolute atomic E-state index is 5.56. The second-order valence-electron chi connectivity index (χ2n) is 3.95. The van der Waals surface area contributed by atoms with E-state index < -0.39 is 0 Å². The Morgan fingerprint density at radius 2 is 2.38 bits per heavy atom. The van der Waals surface area contributed by atoms with E-state index in [0.29, 0.717) is 6.10 Å². The standard InChI is InChI=1S/C10H21NOS/c1-9-10(2,5-7-12-9)11-6-4-8-13-3/h9,11H,4-8H2,1-3H3. The van der Waals surface area contributed by atoms with E-state index >= 15 is 0 Å². The van der Waals surface area contributed by atoms with E-state index in [1.807, 2.05) is 11.8 Å². The van der Waals surface area contributed by atoms with Gasteiger partial charge >= 0.3 is 0 Å². The number of rotatable bonds is 5. The van der Waals surface area contributed by atoms with Crippen LogP contribution in [0.5, 0.6) is 0 Å². The summed E-state index contributed by atoms with van der Waals surface area (Å²) < 4.78 is 5.56. The molecule has 3 heteroatoms. The van der Waals surface area contributed by atoms with E-state index in [4.69, 9.17) is 4.74 Å². The summed E-state index contributed by atoms with van der Waals surface area (Å²) in [6.07, 6.45) is 4.92. The molecule has 1 fully saturated rings. The normalized spacial score (nSPS) is 33.9. The van der Waals surface area contributed by atoms with Gasteiger partial charge in [0, 0.05) is 12.1 Å². The average Bonchev–Trinajstić information content (AvgIpc) is 2.42. The summed E-state index contributed by atoms with van der Waals surface area (Å²) in [7, 11) is 0. The third-order valence-electron chi connectivity index (χ3n) is 2.94. The summed E-state index contributed by atoms with van der Waals surface area (Å²) in [4.78, 5) is 0. The summed E-state index contributed by atoms with van der Waals surface area (Å²) in [5.74, 6) is 1.25. The van der Waals surface area contributed by atoms with Crippen LogP contribution < -0.4 is 5.32 Å². The Morgan fingerprint density at radius 3 is 2.92 bits per heavy atom. The number of nitrogens with one attached hydrogen (secondary N) is 1. The topological polar surface area (TPSA) is 21.3 Å². The molecule has 1 rings (SSSR count). The predicted molar refractivity (Wildman–Crippen MR) is 59.4 cm³/mol. The van der Waals surface area contributed by atoms with Crippen LogP contribution in [-0.4, -0.2) is 36.8 Å².